The summed E-state index contributed by atoms with van der Waals surface area (Å²) in [6, 6.07) is 19.1. The number of thioether (sulfide) groups is 1. The van der Waals surface area contributed by atoms with Crippen LogP contribution in [0.15, 0.2) is 54.6 Å². The minimum Gasteiger partial charge on any atom is -0.309 e. The second-order valence-electron chi connectivity index (χ2n) is 5.05. The Morgan fingerprint density at radius 3 is 2.38 bits per heavy atom. The van der Waals surface area contributed by atoms with Crippen LogP contribution in [0.4, 0.5) is 0 Å². The predicted octanol–water partition coefficient (Wildman–Crippen LogP) is 5.31. The van der Waals surface area contributed by atoms with Crippen molar-refractivity contribution >= 4 is 23.4 Å². The summed E-state index contributed by atoms with van der Waals surface area (Å²) >= 11 is 8.18. The van der Waals surface area contributed by atoms with Crippen molar-refractivity contribution in [1.82, 2.24) is 5.32 Å². The van der Waals surface area contributed by atoms with Crippen molar-refractivity contribution in [3.05, 3.63) is 70.7 Å². The molecular formula is C18H22ClNS. The van der Waals surface area contributed by atoms with Crippen LogP contribution in [-0.4, -0.2) is 11.8 Å². The second kappa shape index (κ2) is 8.47. The van der Waals surface area contributed by atoms with Gasteiger partial charge in [0.15, 0.2) is 0 Å². The molecule has 0 spiro atoms. The molecule has 0 saturated heterocycles. The standard InChI is InChI=1S/C18H22ClNS/c1-3-20-18(15-9-5-4-6-10-15)14(2)21-13-16-11-7-8-12-17(16)19/h4-12,14,18,20H,3,13H2,1-2H3. The molecule has 2 atom stereocenters. The van der Waals surface area contributed by atoms with Gasteiger partial charge in [-0.25, -0.2) is 0 Å². The van der Waals surface area contributed by atoms with Crippen molar-refractivity contribution in [3.8, 4) is 0 Å². The highest BCUT2D eigenvalue weighted by atomic mass is 35.5. The molecule has 0 fully saturated rings. The maximum Gasteiger partial charge on any atom is 0.0446 e. The lowest BCUT2D eigenvalue weighted by Gasteiger charge is -2.25. The monoisotopic (exact) mass is 319 g/mol. The van der Waals surface area contributed by atoms with E-state index < -0.39 is 0 Å². The molecule has 1 N–H and O–H groups in total. The minimum absolute atomic E-state index is 0.365. The Morgan fingerprint density at radius 1 is 1.05 bits per heavy atom. The van der Waals surface area contributed by atoms with Gasteiger partial charge < -0.3 is 5.32 Å². The lowest BCUT2D eigenvalue weighted by atomic mass is 10.0. The molecule has 0 aliphatic rings. The van der Waals surface area contributed by atoms with E-state index in [1.54, 1.807) is 0 Å². The van der Waals surface area contributed by atoms with Crippen LogP contribution in [0.25, 0.3) is 0 Å². The van der Waals surface area contributed by atoms with Crippen LogP contribution >= 0.6 is 23.4 Å². The van der Waals surface area contributed by atoms with Gasteiger partial charge in [0, 0.05) is 22.1 Å². The third kappa shape index (κ3) is 4.77. The van der Waals surface area contributed by atoms with E-state index in [0.717, 1.165) is 17.3 Å². The molecule has 112 valence electrons. The van der Waals surface area contributed by atoms with E-state index in [2.05, 4.69) is 55.6 Å². The molecule has 0 aliphatic carbocycles. The zero-order valence-electron chi connectivity index (χ0n) is 12.6. The highest BCUT2D eigenvalue weighted by molar-refractivity contribution is 7.99. The third-order valence-electron chi connectivity index (χ3n) is 3.51. The molecule has 21 heavy (non-hydrogen) atoms. The van der Waals surface area contributed by atoms with E-state index >= 15 is 0 Å². The number of hydrogen-bond acceptors (Lipinski definition) is 2. The zero-order chi connectivity index (χ0) is 15.1. The number of hydrogen-bond donors (Lipinski definition) is 1. The van der Waals surface area contributed by atoms with Crippen molar-refractivity contribution in [2.24, 2.45) is 0 Å². The van der Waals surface area contributed by atoms with Gasteiger partial charge in [-0.05, 0) is 23.7 Å². The van der Waals surface area contributed by atoms with Crippen LogP contribution in [0.2, 0.25) is 5.02 Å². The van der Waals surface area contributed by atoms with E-state index in [1.165, 1.54) is 11.1 Å². The summed E-state index contributed by atoms with van der Waals surface area (Å²) < 4.78 is 0. The van der Waals surface area contributed by atoms with Gasteiger partial charge >= 0.3 is 0 Å². The molecule has 0 aliphatic heterocycles. The van der Waals surface area contributed by atoms with Gasteiger partial charge in [-0.2, -0.15) is 11.8 Å². The molecule has 2 unspecified atom stereocenters. The van der Waals surface area contributed by atoms with Crippen LogP contribution in [0.1, 0.15) is 31.0 Å². The fourth-order valence-electron chi connectivity index (χ4n) is 2.37. The lowest BCUT2D eigenvalue weighted by molar-refractivity contribution is 0.548. The molecule has 2 aromatic rings. The van der Waals surface area contributed by atoms with Crippen LogP contribution in [0, 0.1) is 0 Å². The van der Waals surface area contributed by atoms with Crippen molar-refractivity contribution in [1.29, 1.82) is 0 Å². The highest BCUT2D eigenvalue weighted by Gasteiger charge is 2.18. The molecule has 0 aromatic heterocycles. The van der Waals surface area contributed by atoms with E-state index in [-0.39, 0.29) is 0 Å². The maximum atomic E-state index is 6.24. The minimum atomic E-state index is 0.365. The third-order valence-corrected chi connectivity index (χ3v) is 5.16. The van der Waals surface area contributed by atoms with Gasteiger partial charge in [-0.3, -0.25) is 0 Å². The summed E-state index contributed by atoms with van der Waals surface area (Å²) in [5.74, 6) is 0.940. The van der Waals surface area contributed by atoms with E-state index in [0.29, 0.717) is 11.3 Å². The zero-order valence-corrected chi connectivity index (χ0v) is 14.1. The highest BCUT2D eigenvalue weighted by Crippen LogP contribution is 2.30. The molecule has 0 heterocycles. The first-order valence-electron chi connectivity index (χ1n) is 7.35. The van der Waals surface area contributed by atoms with Crippen LogP contribution in [-0.2, 0) is 5.75 Å². The first-order valence-corrected chi connectivity index (χ1v) is 8.78. The summed E-state index contributed by atoms with van der Waals surface area (Å²) in [4.78, 5) is 0. The molecule has 2 aromatic carbocycles. The van der Waals surface area contributed by atoms with Gasteiger partial charge in [0.25, 0.3) is 0 Å². The average molecular weight is 320 g/mol. The summed E-state index contributed by atoms with van der Waals surface area (Å²) in [6.45, 7) is 5.40. The SMILES string of the molecule is CCNC(c1ccccc1)C(C)SCc1ccccc1Cl. The summed E-state index contributed by atoms with van der Waals surface area (Å²) in [6.07, 6.45) is 0. The Labute approximate surface area is 137 Å². The average Bonchev–Trinajstić information content (AvgIpc) is 2.52. The molecule has 2 rings (SSSR count). The largest absolute Gasteiger partial charge is 0.309 e. The number of benzene rings is 2. The molecule has 0 saturated carbocycles. The van der Waals surface area contributed by atoms with Crippen LogP contribution in [0.5, 0.6) is 0 Å². The summed E-state index contributed by atoms with van der Waals surface area (Å²) in [7, 11) is 0. The van der Waals surface area contributed by atoms with Gasteiger partial charge in [0.1, 0.15) is 0 Å². The topological polar surface area (TPSA) is 12.0 Å². The number of rotatable bonds is 7. The Kier molecular flexibility index (Phi) is 6.62. The molecule has 0 bridgehead atoms. The molecule has 0 amide bonds. The summed E-state index contributed by atoms with van der Waals surface area (Å²) in [5, 5.41) is 4.93. The van der Waals surface area contributed by atoms with Gasteiger partial charge in [0.2, 0.25) is 0 Å². The Hall–Kier alpha value is -0.960. The molecule has 0 radical (unpaired) electrons. The van der Waals surface area contributed by atoms with Gasteiger partial charge in [-0.15, -0.1) is 0 Å². The van der Waals surface area contributed by atoms with E-state index in [1.807, 2.05) is 30.0 Å². The fourth-order valence-corrected chi connectivity index (χ4v) is 3.79. The van der Waals surface area contributed by atoms with E-state index in [9.17, 15) is 0 Å². The fraction of sp³-hybridized carbons (Fsp3) is 0.333. The van der Waals surface area contributed by atoms with Crippen molar-refractivity contribution in [3.63, 3.8) is 0 Å². The first-order chi connectivity index (χ1) is 10.2. The van der Waals surface area contributed by atoms with Gasteiger partial charge in [-0.1, -0.05) is 74.0 Å². The number of nitrogens with one attached hydrogen (secondary N) is 1. The van der Waals surface area contributed by atoms with Gasteiger partial charge in [0.05, 0.1) is 0 Å². The maximum absolute atomic E-state index is 6.24. The molecule has 1 nitrogen and oxygen atoms in total. The Balaban J connectivity index is 2.02. The Bertz CT molecular complexity index is 544. The second-order valence-corrected chi connectivity index (χ2v) is 6.83. The lowest BCUT2D eigenvalue weighted by Crippen LogP contribution is -2.28. The van der Waals surface area contributed by atoms with E-state index in [4.69, 9.17) is 11.6 Å². The quantitative estimate of drug-likeness (QED) is 0.742. The van der Waals surface area contributed by atoms with Crippen LogP contribution in [0.3, 0.4) is 0 Å². The van der Waals surface area contributed by atoms with Crippen molar-refractivity contribution in [2.45, 2.75) is 30.9 Å². The van der Waals surface area contributed by atoms with Crippen molar-refractivity contribution in [2.75, 3.05) is 6.54 Å². The molecule has 3 heteroatoms. The predicted molar refractivity (Wildman–Crippen MR) is 95.1 cm³/mol. The number of halogens is 1. The first kappa shape index (κ1) is 16.4. The van der Waals surface area contributed by atoms with Crippen LogP contribution < -0.4 is 5.32 Å². The Morgan fingerprint density at radius 2 is 1.71 bits per heavy atom. The smallest absolute Gasteiger partial charge is 0.0446 e. The van der Waals surface area contributed by atoms with Crippen molar-refractivity contribution < 1.29 is 0 Å². The summed E-state index contributed by atoms with van der Waals surface area (Å²) in [5.41, 5.74) is 2.55. The normalized spacial score (nSPS) is 13.9. The molecular weight excluding hydrogens is 298 g/mol.